The third-order valence-corrected chi connectivity index (χ3v) is 6.74. The molecule has 5 rings (SSSR count). The number of piperazine rings is 1. The van der Waals surface area contributed by atoms with Gasteiger partial charge in [0.1, 0.15) is 11.8 Å². The minimum absolute atomic E-state index is 0.00450. The Balaban J connectivity index is 1.23. The van der Waals surface area contributed by atoms with Gasteiger partial charge in [-0.2, -0.15) is 13.2 Å². The van der Waals surface area contributed by atoms with E-state index in [0.29, 0.717) is 42.4 Å². The van der Waals surface area contributed by atoms with Gasteiger partial charge in [-0.05, 0) is 30.7 Å². The van der Waals surface area contributed by atoms with Crippen molar-refractivity contribution in [1.82, 2.24) is 20.7 Å². The third kappa shape index (κ3) is 3.88. The largest absolute Gasteiger partial charge is 0.468 e. The van der Waals surface area contributed by atoms with E-state index in [9.17, 15) is 18.0 Å². The van der Waals surface area contributed by atoms with Crippen LogP contribution in [-0.2, 0) is 11.0 Å². The summed E-state index contributed by atoms with van der Waals surface area (Å²) in [5.74, 6) is 0.784. The summed E-state index contributed by atoms with van der Waals surface area (Å²) in [6.07, 6.45) is -2.25. The first-order valence-corrected chi connectivity index (χ1v) is 10.8. The Morgan fingerprint density at radius 1 is 1.13 bits per heavy atom. The average Bonchev–Trinajstić information content (AvgIpc) is 3.52. The molecular weight excluding hydrogens is 431 g/mol. The predicted octanol–water partition coefficient (Wildman–Crippen LogP) is 3.16. The van der Waals surface area contributed by atoms with E-state index < -0.39 is 11.7 Å². The van der Waals surface area contributed by atoms with E-state index >= 15 is 0 Å². The van der Waals surface area contributed by atoms with Crippen LogP contribution in [-0.4, -0.2) is 48.0 Å². The van der Waals surface area contributed by atoms with Crippen LogP contribution in [0, 0.1) is 0 Å². The van der Waals surface area contributed by atoms with Gasteiger partial charge in [0.2, 0.25) is 5.91 Å². The quantitative estimate of drug-likeness (QED) is 0.638. The van der Waals surface area contributed by atoms with Crippen molar-refractivity contribution in [3.63, 3.8) is 0 Å². The number of anilines is 1. The molecule has 31 heavy (non-hydrogen) atoms. The molecule has 2 unspecified atom stereocenters. The van der Waals surface area contributed by atoms with E-state index in [4.69, 9.17) is 4.42 Å². The Labute approximate surface area is 179 Å². The average molecular weight is 451 g/mol. The number of aromatic nitrogens is 1. The van der Waals surface area contributed by atoms with E-state index in [1.165, 1.54) is 17.4 Å². The van der Waals surface area contributed by atoms with Crippen molar-refractivity contribution in [2.24, 2.45) is 0 Å². The van der Waals surface area contributed by atoms with Crippen molar-refractivity contribution in [1.29, 1.82) is 0 Å². The second kappa shape index (κ2) is 7.81. The lowest BCUT2D eigenvalue weighted by Crippen LogP contribution is -2.53. The number of fused-ring (bicyclic) bond motifs is 1. The van der Waals surface area contributed by atoms with Crippen molar-refractivity contribution in [2.45, 2.75) is 24.7 Å². The fourth-order valence-corrected chi connectivity index (χ4v) is 5.08. The van der Waals surface area contributed by atoms with Gasteiger partial charge in [-0.3, -0.25) is 4.79 Å². The van der Waals surface area contributed by atoms with E-state index in [1.54, 1.807) is 17.2 Å². The van der Waals surface area contributed by atoms with Crippen molar-refractivity contribution >= 4 is 32.6 Å². The van der Waals surface area contributed by atoms with Crippen LogP contribution in [0.2, 0.25) is 0 Å². The number of rotatable bonds is 3. The Morgan fingerprint density at radius 3 is 2.65 bits per heavy atom. The highest BCUT2D eigenvalue weighted by Crippen LogP contribution is 2.38. The Hall–Kier alpha value is -2.63. The molecule has 3 aromatic rings. The second-order valence-corrected chi connectivity index (χ2v) is 8.61. The maximum Gasteiger partial charge on any atom is 0.418 e. The second-order valence-electron chi connectivity index (χ2n) is 7.60. The van der Waals surface area contributed by atoms with Crippen molar-refractivity contribution in [2.75, 3.05) is 31.1 Å². The summed E-state index contributed by atoms with van der Waals surface area (Å²) in [7, 11) is 0. The molecule has 0 radical (unpaired) electrons. The van der Waals surface area contributed by atoms with Crippen LogP contribution in [0.5, 0.6) is 0 Å². The molecule has 2 atom stereocenters. The topological polar surface area (TPSA) is 73.6 Å². The molecule has 2 aromatic heterocycles. The van der Waals surface area contributed by atoms with Gasteiger partial charge in [0, 0.05) is 26.2 Å². The fraction of sp³-hybridized carbons (Fsp3) is 0.400. The molecule has 1 amide bonds. The molecule has 0 spiro atoms. The smallest absolute Gasteiger partial charge is 0.418 e. The highest BCUT2D eigenvalue weighted by Gasteiger charge is 2.36. The molecule has 164 valence electrons. The lowest BCUT2D eigenvalue weighted by Gasteiger charge is -2.35. The van der Waals surface area contributed by atoms with Crippen LogP contribution in [0.15, 0.2) is 41.0 Å². The summed E-state index contributed by atoms with van der Waals surface area (Å²) in [6, 6.07) is 7.38. The number of nitrogens with zero attached hydrogens (tertiary/aromatic N) is 3. The van der Waals surface area contributed by atoms with Crippen LogP contribution >= 0.6 is 11.3 Å². The summed E-state index contributed by atoms with van der Waals surface area (Å²) in [5, 5.41) is 0.553. The van der Waals surface area contributed by atoms with Crippen LogP contribution in [0.4, 0.5) is 18.3 Å². The number of carbonyl (C=O) groups excluding carboxylic acids is 1. The monoisotopic (exact) mass is 451 g/mol. The number of nitrogens with one attached hydrogen (secondary N) is 2. The first kappa shape index (κ1) is 20.3. The van der Waals surface area contributed by atoms with Gasteiger partial charge in [-0.25, -0.2) is 15.8 Å². The number of alkyl halides is 3. The maximum atomic E-state index is 13.3. The maximum absolute atomic E-state index is 13.3. The normalized spacial score (nSPS) is 22.4. The molecule has 2 N–H and O–H groups in total. The highest BCUT2D eigenvalue weighted by molar-refractivity contribution is 7.22. The summed E-state index contributed by atoms with van der Waals surface area (Å²) in [4.78, 5) is 20.9. The zero-order valence-corrected chi connectivity index (χ0v) is 17.2. The molecule has 4 heterocycles. The van der Waals surface area contributed by atoms with Crippen LogP contribution < -0.4 is 15.8 Å². The van der Waals surface area contributed by atoms with Gasteiger partial charge in [0.05, 0.1) is 28.1 Å². The molecular formula is C20H20F3N5O2S. The summed E-state index contributed by atoms with van der Waals surface area (Å²) < 4.78 is 45.7. The number of hydrogen-bond donors (Lipinski definition) is 2. The minimum Gasteiger partial charge on any atom is -0.468 e. The lowest BCUT2D eigenvalue weighted by atomic mass is 10.1. The summed E-state index contributed by atoms with van der Waals surface area (Å²) in [5.41, 5.74) is 5.40. The van der Waals surface area contributed by atoms with Crippen molar-refractivity contribution < 1.29 is 22.4 Å². The van der Waals surface area contributed by atoms with Gasteiger partial charge < -0.3 is 14.2 Å². The Kier molecular flexibility index (Phi) is 5.11. The molecule has 11 heteroatoms. The van der Waals surface area contributed by atoms with E-state index in [1.807, 2.05) is 17.0 Å². The van der Waals surface area contributed by atoms with Gasteiger partial charge in [0.15, 0.2) is 5.13 Å². The molecule has 2 fully saturated rings. The number of carbonyl (C=O) groups is 1. The number of hydrazine groups is 1. The van der Waals surface area contributed by atoms with Gasteiger partial charge in [-0.1, -0.05) is 17.4 Å². The van der Waals surface area contributed by atoms with E-state index in [-0.39, 0.29) is 23.5 Å². The molecule has 7 nitrogen and oxygen atoms in total. The fourth-order valence-electron chi connectivity index (χ4n) is 4.03. The molecule has 2 aliphatic heterocycles. The van der Waals surface area contributed by atoms with Gasteiger partial charge in [0.25, 0.3) is 0 Å². The minimum atomic E-state index is -4.44. The van der Waals surface area contributed by atoms with Gasteiger partial charge in [-0.15, -0.1) is 0 Å². The van der Waals surface area contributed by atoms with E-state index in [0.717, 1.165) is 11.8 Å². The lowest BCUT2D eigenvalue weighted by molar-refractivity contribution is -0.136. The van der Waals surface area contributed by atoms with Crippen molar-refractivity contribution in [3.8, 4) is 0 Å². The zero-order chi connectivity index (χ0) is 21.6. The molecule has 0 aliphatic carbocycles. The summed E-state index contributed by atoms with van der Waals surface area (Å²) in [6.45, 7) is 2.03. The standard InChI is InChI=1S/C20H20F3N5O2S/c21-20(22,23)12-3-1-5-16-17(12)24-19(31-16)28-8-6-27(7-9-28)18(29)14-11-13(25-26-14)15-4-2-10-30-15/h1-5,10,13-14,25-26H,6-9,11H2. The number of hydrogen-bond acceptors (Lipinski definition) is 7. The van der Waals surface area contributed by atoms with Crippen LogP contribution in [0.25, 0.3) is 10.2 Å². The predicted molar refractivity (Wildman–Crippen MR) is 110 cm³/mol. The molecule has 2 aliphatic rings. The Morgan fingerprint density at radius 2 is 1.94 bits per heavy atom. The SMILES string of the molecule is O=C(C1CC(c2ccco2)NN1)N1CCN(c2nc3c(C(F)(F)F)cccc3s2)CC1. The number of amides is 1. The molecule has 0 bridgehead atoms. The molecule has 1 aromatic carbocycles. The van der Waals surface area contributed by atoms with Crippen LogP contribution in [0.1, 0.15) is 23.8 Å². The Bertz CT molecular complexity index is 1080. The number of thiazole rings is 1. The summed E-state index contributed by atoms with van der Waals surface area (Å²) >= 11 is 1.25. The molecule has 0 saturated carbocycles. The van der Waals surface area contributed by atoms with Crippen molar-refractivity contribution in [3.05, 3.63) is 47.9 Å². The van der Waals surface area contributed by atoms with E-state index in [2.05, 4.69) is 15.8 Å². The highest BCUT2D eigenvalue weighted by atomic mass is 32.1. The first-order chi connectivity index (χ1) is 14.9. The third-order valence-electron chi connectivity index (χ3n) is 5.66. The zero-order valence-electron chi connectivity index (χ0n) is 16.4. The first-order valence-electron chi connectivity index (χ1n) is 9.95. The number of benzene rings is 1. The molecule has 2 saturated heterocycles. The van der Waals surface area contributed by atoms with Gasteiger partial charge >= 0.3 is 6.18 Å². The number of para-hydroxylation sites is 1. The number of halogens is 3. The van der Waals surface area contributed by atoms with Crippen LogP contribution in [0.3, 0.4) is 0 Å². The number of furan rings is 1.